The molecule has 0 atom stereocenters. The van der Waals surface area contributed by atoms with Gasteiger partial charge in [0.25, 0.3) is 0 Å². The molecular formula is C18H17F3N2O3S. The standard InChI is InChI=1S/C18H17F3N2O3S/c19-18(20,21)10-26-15-12(11-1-2-11)3-4-13(23-15)14(24)7-17(8-25-9-17)16-22-5-6-27-16/h3-6,11H,1-2,7-10H2. The van der Waals surface area contributed by atoms with Crippen molar-refractivity contribution >= 4 is 17.1 Å². The van der Waals surface area contributed by atoms with E-state index < -0.39 is 18.2 Å². The van der Waals surface area contributed by atoms with Gasteiger partial charge < -0.3 is 9.47 Å². The van der Waals surface area contributed by atoms with E-state index in [4.69, 9.17) is 9.47 Å². The molecular weight excluding hydrogens is 381 g/mol. The normalized spacial score (nSPS) is 18.8. The largest absolute Gasteiger partial charge is 0.468 e. The minimum absolute atomic E-state index is 0.0890. The lowest BCUT2D eigenvalue weighted by Gasteiger charge is -2.39. The van der Waals surface area contributed by atoms with Gasteiger partial charge in [-0.05, 0) is 24.8 Å². The summed E-state index contributed by atoms with van der Waals surface area (Å²) in [7, 11) is 0. The second kappa shape index (κ2) is 6.87. The monoisotopic (exact) mass is 398 g/mol. The van der Waals surface area contributed by atoms with E-state index in [9.17, 15) is 18.0 Å². The number of ketones is 1. The Balaban J connectivity index is 1.55. The van der Waals surface area contributed by atoms with Crippen LogP contribution in [-0.2, 0) is 10.2 Å². The summed E-state index contributed by atoms with van der Waals surface area (Å²) in [5, 5.41) is 2.66. The molecule has 2 aromatic heterocycles. The van der Waals surface area contributed by atoms with Crippen molar-refractivity contribution in [1.29, 1.82) is 0 Å². The van der Waals surface area contributed by atoms with Gasteiger partial charge in [-0.2, -0.15) is 13.2 Å². The first kappa shape index (κ1) is 18.4. The average Bonchev–Trinajstić information content (AvgIpc) is 3.29. The summed E-state index contributed by atoms with van der Waals surface area (Å²) < 4.78 is 47.8. The molecule has 1 saturated heterocycles. The summed E-state index contributed by atoms with van der Waals surface area (Å²) in [4.78, 5) is 21.2. The van der Waals surface area contributed by atoms with E-state index in [1.165, 1.54) is 11.3 Å². The highest BCUT2D eigenvalue weighted by Gasteiger charge is 2.45. The summed E-state index contributed by atoms with van der Waals surface area (Å²) >= 11 is 1.46. The molecule has 0 bridgehead atoms. The van der Waals surface area contributed by atoms with E-state index >= 15 is 0 Å². The second-order valence-corrected chi connectivity index (χ2v) is 7.87. The minimum Gasteiger partial charge on any atom is -0.468 e. The first-order valence-electron chi connectivity index (χ1n) is 8.58. The van der Waals surface area contributed by atoms with E-state index in [0.29, 0.717) is 18.8 Å². The van der Waals surface area contributed by atoms with Gasteiger partial charge in [0.15, 0.2) is 12.4 Å². The SMILES string of the molecule is O=C(CC1(c2nccs2)COC1)c1ccc(C2CC2)c(OCC(F)(F)F)n1. The zero-order valence-corrected chi connectivity index (χ0v) is 15.1. The number of carbonyl (C=O) groups is 1. The van der Waals surface area contributed by atoms with Crippen LogP contribution in [0.3, 0.4) is 0 Å². The number of carbonyl (C=O) groups excluding carboxylic acids is 1. The Labute approximate surface area is 157 Å². The third kappa shape index (κ3) is 3.98. The van der Waals surface area contributed by atoms with Gasteiger partial charge in [-0.3, -0.25) is 4.79 Å². The lowest BCUT2D eigenvalue weighted by atomic mass is 9.81. The van der Waals surface area contributed by atoms with Gasteiger partial charge in [0.1, 0.15) is 10.7 Å². The van der Waals surface area contributed by atoms with Gasteiger partial charge in [-0.25, -0.2) is 9.97 Å². The van der Waals surface area contributed by atoms with Crippen LogP contribution in [0.5, 0.6) is 5.88 Å². The summed E-state index contributed by atoms with van der Waals surface area (Å²) in [6.07, 6.45) is -0.852. The molecule has 0 spiro atoms. The van der Waals surface area contributed by atoms with Crippen LogP contribution >= 0.6 is 11.3 Å². The number of aromatic nitrogens is 2. The predicted octanol–water partition coefficient (Wildman–Crippen LogP) is 3.90. The van der Waals surface area contributed by atoms with Crippen LogP contribution in [0.2, 0.25) is 0 Å². The Hall–Kier alpha value is -2.00. The molecule has 27 heavy (non-hydrogen) atoms. The Kier molecular flexibility index (Phi) is 4.67. The zero-order valence-electron chi connectivity index (χ0n) is 14.3. The van der Waals surface area contributed by atoms with Crippen LogP contribution < -0.4 is 4.74 Å². The molecule has 5 nitrogen and oxygen atoms in total. The topological polar surface area (TPSA) is 61.3 Å². The molecule has 1 saturated carbocycles. The number of hydrogen-bond acceptors (Lipinski definition) is 6. The molecule has 2 aliphatic rings. The predicted molar refractivity (Wildman–Crippen MR) is 91.3 cm³/mol. The molecule has 1 aliphatic carbocycles. The van der Waals surface area contributed by atoms with Crippen molar-refractivity contribution in [2.75, 3.05) is 19.8 Å². The number of thiazole rings is 1. The Morgan fingerprint density at radius 3 is 2.67 bits per heavy atom. The van der Waals surface area contributed by atoms with Crippen molar-refractivity contribution in [2.24, 2.45) is 0 Å². The van der Waals surface area contributed by atoms with Crippen molar-refractivity contribution in [1.82, 2.24) is 9.97 Å². The quantitative estimate of drug-likeness (QED) is 0.662. The summed E-state index contributed by atoms with van der Waals surface area (Å²) in [6.45, 7) is -0.637. The molecule has 2 fully saturated rings. The maximum absolute atomic E-state index is 12.8. The smallest absolute Gasteiger partial charge is 0.422 e. The molecule has 0 amide bonds. The van der Waals surface area contributed by atoms with Crippen LogP contribution in [0.4, 0.5) is 13.2 Å². The minimum atomic E-state index is -4.46. The third-order valence-electron chi connectivity index (χ3n) is 4.71. The number of nitrogens with zero attached hydrogens (tertiary/aromatic N) is 2. The highest BCUT2D eigenvalue weighted by atomic mass is 32.1. The number of pyridine rings is 1. The van der Waals surface area contributed by atoms with Gasteiger partial charge in [0, 0.05) is 23.6 Å². The van der Waals surface area contributed by atoms with Crippen LogP contribution in [0.15, 0.2) is 23.7 Å². The van der Waals surface area contributed by atoms with Crippen LogP contribution in [0, 0.1) is 0 Å². The highest BCUT2D eigenvalue weighted by Crippen LogP contribution is 2.44. The first-order valence-corrected chi connectivity index (χ1v) is 9.46. The molecule has 0 aromatic carbocycles. The molecule has 9 heteroatoms. The van der Waals surface area contributed by atoms with E-state index in [1.54, 1.807) is 18.3 Å². The molecule has 1 aliphatic heterocycles. The first-order chi connectivity index (χ1) is 12.9. The van der Waals surface area contributed by atoms with Gasteiger partial charge in [-0.1, -0.05) is 6.07 Å². The molecule has 4 rings (SSSR count). The third-order valence-corrected chi connectivity index (χ3v) is 5.73. The zero-order chi connectivity index (χ0) is 19.1. The molecule has 0 N–H and O–H groups in total. The van der Waals surface area contributed by atoms with Gasteiger partial charge in [0.05, 0.1) is 18.6 Å². The average molecular weight is 398 g/mol. The van der Waals surface area contributed by atoms with Crippen LogP contribution in [0.1, 0.15) is 46.2 Å². The Bertz CT molecular complexity index is 831. The highest BCUT2D eigenvalue weighted by molar-refractivity contribution is 7.09. The molecule has 0 unspecified atom stereocenters. The summed E-state index contributed by atoms with van der Waals surface area (Å²) in [5.74, 6) is -0.187. The number of ether oxygens (including phenoxy) is 2. The fourth-order valence-electron chi connectivity index (χ4n) is 3.11. The van der Waals surface area contributed by atoms with Crippen LogP contribution in [-0.4, -0.2) is 41.7 Å². The number of Topliss-reactive ketones (excluding diaryl/α,β-unsaturated/α-hetero) is 1. The Morgan fingerprint density at radius 1 is 1.33 bits per heavy atom. The van der Waals surface area contributed by atoms with Crippen LogP contribution in [0.25, 0.3) is 0 Å². The van der Waals surface area contributed by atoms with E-state index in [0.717, 1.165) is 17.8 Å². The maximum atomic E-state index is 12.8. The number of rotatable bonds is 7. The van der Waals surface area contributed by atoms with Gasteiger partial charge in [0.2, 0.25) is 5.88 Å². The van der Waals surface area contributed by atoms with Gasteiger partial charge in [-0.15, -0.1) is 11.3 Å². The van der Waals surface area contributed by atoms with Gasteiger partial charge >= 0.3 is 6.18 Å². The number of alkyl halides is 3. The van der Waals surface area contributed by atoms with E-state index in [-0.39, 0.29) is 29.7 Å². The van der Waals surface area contributed by atoms with Crippen molar-refractivity contribution < 1.29 is 27.4 Å². The van der Waals surface area contributed by atoms with Crippen molar-refractivity contribution in [3.05, 3.63) is 40.0 Å². The van der Waals surface area contributed by atoms with E-state index in [1.807, 2.05) is 5.38 Å². The number of halogens is 3. The molecule has 2 aromatic rings. The summed E-state index contributed by atoms with van der Waals surface area (Å²) in [6, 6.07) is 3.24. The molecule has 0 radical (unpaired) electrons. The van der Waals surface area contributed by atoms with Crippen molar-refractivity contribution in [3.8, 4) is 5.88 Å². The lowest BCUT2D eigenvalue weighted by Crippen LogP contribution is -2.48. The second-order valence-electron chi connectivity index (χ2n) is 6.98. The van der Waals surface area contributed by atoms with E-state index in [2.05, 4.69) is 9.97 Å². The fourth-order valence-corrected chi connectivity index (χ4v) is 3.92. The maximum Gasteiger partial charge on any atom is 0.422 e. The van der Waals surface area contributed by atoms with Crippen molar-refractivity contribution in [2.45, 2.75) is 36.8 Å². The summed E-state index contributed by atoms with van der Waals surface area (Å²) in [5.41, 5.74) is 0.270. The van der Waals surface area contributed by atoms with Crippen molar-refractivity contribution in [3.63, 3.8) is 0 Å². The number of hydrogen-bond donors (Lipinski definition) is 0. The molecule has 144 valence electrons. The fraction of sp³-hybridized carbons (Fsp3) is 0.500. The Morgan fingerprint density at radius 2 is 2.11 bits per heavy atom. The lowest BCUT2D eigenvalue weighted by molar-refractivity contribution is -0.154. The molecule has 3 heterocycles.